The lowest BCUT2D eigenvalue weighted by atomic mass is 10.0. The molecule has 0 saturated carbocycles. The first kappa shape index (κ1) is 56.5. The van der Waals surface area contributed by atoms with Crippen molar-refractivity contribution in [2.24, 2.45) is 5.73 Å². The van der Waals surface area contributed by atoms with Crippen molar-refractivity contribution in [2.75, 3.05) is 26.4 Å². The van der Waals surface area contributed by atoms with Crippen LogP contribution in [0.2, 0.25) is 0 Å². The van der Waals surface area contributed by atoms with E-state index >= 15 is 0 Å². The molecule has 0 aromatic heterocycles. The number of phosphoric ester groups is 1. The van der Waals surface area contributed by atoms with Gasteiger partial charge < -0.3 is 25.2 Å². The molecule has 0 radical (unpaired) electrons. The van der Waals surface area contributed by atoms with Crippen molar-refractivity contribution in [3.8, 4) is 0 Å². The summed E-state index contributed by atoms with van der Waals surface area (Å²) in [6, 6.07) is -1.47. The Hall–Kier alpha value is -1.55. The van der Waals surface area contributed by atoms with Crippen molar-refractivity contribution in [3.63, 3.8) is 0 Å². The molecular formula is C47H90NO9P. The average molecular weight is 844 g/mol. The standard InChI is InChI=1S/C47H90NO9P/c1-3-5-7-9-11-13-15-17-19-20-21-22-23-24-25-26-27-29-31-33-35-37-39-46(49)57-44(42-55-58(52,53)56-43-45(48)47(50)51)41-54-40-38-36-34-32-30-28-18-16-14-12-10-8-6-4-2/h8,10,14,16,44-45H,3-7,9,11-13,15,17-43,48H2,1-2H3,(H,50,51)(H,52,53)/b10-8-,16-14-. The normalized spacial score (nSPS) is 14.0. The molecule has 0 rings (SSSR count). The van der Waals surface area contributed by atoms with Gasteiger partial charge >= 0.3 is 19.8 Å². The van der Waals surface area contributed by atoms with Crippen LogP contribution < -0.4 is 5.73 Å². The highest BCUT2D eigenvalue weighted by Gasteiger charge is 2.27. The minimum atomic E-state index is -4.62. The number of carbonyl (C=O) groups is 2. The van der Waals surface area contributed by atoms with E-state index in [9.17, 15) is 19.0 Å². The lowest BCUT2D eigenvalue weighted by molar-refractivity contribution is -0.154. The summed E-state index contributed by atoms with van der Waals surface area (Å²) in [4.78, 5) is 33.6. The van der Waals surface area contributed by atoms with Crippen LogP contribution in [0.5, 0.6) is 0 Å². The molecule has 0 aliphatic rings. The first-order valence-corrected chi connectivity index (χ1v) is 25.4. The molecule has 58 heavy (non-hydrogen) atoms. The summed E-state index contributed by atoms with van der Waals surface area (Å²) >= 11 is 0. The van der Waals surface area contributed by atoms with Gasteiger partial charge in [-0.25, -0.2) is 4.57 Å². The summed E-state index contributed by atoms with van der Waals surface area (Å²) in [5.74, 6) is -1.77. The maximum atomic E-state index is 12.7. The fourth-order valence-corrected chi connectivity index (χ4v) is 7.54. The van der Waals surface area contributed by atoms with Crippen molar-refractivity contribution in [2.45, 2.75) is 238 Å². The Morgan fingerprint density at radius 3 is 1.47 bits per heavy atom. The quantitative estimate of drug-likeness (QED) is 0.0233. The molecule has 0 amide bonds. The number of unbranched alkanes of at least 4 members (excludes halogenated alkanes) is 28. The van der Waals surface area contributed by atoms with Crippen LogP contribution in [-0.4, -0.2) is 60.5 Å². The van der Waals surface area contributed by atoms with E-state index in [0.29, 0.717) is 13.0 Å². The molecular weight excluding hydrogens is 753 g/mol. The number of carbonyl (C=O) groups excluding carboxylic acids is 1. The number of allylic oxidation sites excluding steroid dienone is 4. The van der Waals surface area contributed by atoms with Gasteiger partial charge in [-0.3, -0.25) is 18.6 Å². The van der Waals surface area contributed by atoms with Crippen LogP contribution in [0.15, 0.2) is 24.3 Å². The maximum absolute atomic E-state index is 12.7. The predicted molar refractivity (Wildman–Crippen MR) is 240 cm³/mol. The van der Waals surface area contributed by atoms with Gasteiger partial charge in [-0.2, -0.15) is 0 Å². The van der Waals surface area contributed by atoms with Gasteiger partial charge in [-0.15, -0.1) is 0 Å². The second-order valence-electron chi connectivity index (χ2n) is 16.2. The Balaban J connectivity index is 4.11. The number of carboxylic acid groups (broad SMARTS) is 1. The first-order chi connectivity index (χ1) is 28.2. The third-order valence-corrected chi connectivity index (χ3v) is 11.4. The van der Waals surface area contributed by atoms with Crippen LogP contribution in [0.1, 0.15) is 226 Å². The highest BCUT2D eigenvalue weighted by Crippen LogP contribution is 2.43. The molecule has 3 unspecified atom stereocenters. The molecule has 0 aromatic carbocycles. The molecule has 0 aliphatic heterocycles. The van der Waals surface area contributed by atoms with E-state index in [1.807, 2.05) is 0 Å². The Labute approximate surface area is 355 Å². The summed E-state index contributed by atoms with van der Waals surface area (Å²) in [6.45, 7) is 3.83. The monoisotopic (exact) mass is 844 g/mol. The van der Waals surface area contributed by atoms with Crippen molar-refractivity contribution in [3.05, 3.63) is 24.3 Å². The van der Waals surface area contributed by atoms with E-state index in [1.54, 1.807) is 0 Å². The molecule has 0 aromatic rings. The van der Waals surface area contributed by atoms with E-state index in [4.69, 9.17) is 29.4 Å². The molecule has 3 atom stereocenters. The Morgan fingerprint density at radius 1 is 0.552 bits per heavy atom. The van der Waals surface area contributed by atoms with Crippen molar-refractivity contribution in [1.29, 1.82) is 0 Å². The highest BCUT2D eigenvalue weighted by molar-refractivity contribution is 7.47. The fraction of sp³-hybridized carbons (Fsp3) is 0.872. The highest BCUT2D eigenvalue weighted by atomic mass is 31.2. The molecule has 0 heterocycles. The number of hydrogen-bond donors (Lipinski definition) is 3. The summed E-state index contributed by atoms with van der Waals surface area (Å²) in [5, 5.41) is 8.91. The summed E-state index contributed by atoms with van der Waals surface area (Å²) < 4.78 is 33.4. The lowest BCUT2D eigenvalue weighted by Gasteiger charge is -2.20. The number of rotatable bonds is 46. The Bertz CT molecular complexity index is 1020. The van der Waals surface area contributed by atoms with E-state index in [0.717, 1.165) is 51.4 Å². The lowest BCUT2D eigenvalue weighted by Crippen LogP contribution is -2.34. The molecule has 0 spiro atoms. The first-order valence-electron chi connectivity index (χ1n) is 23.9. The second-order valence-corrected chi connectivity index (χ2v) is 17.7. The largest absolute Gasteiger partial charge is 0.480 e. The van der Waals surface area contributed by atoms with Gasteiger partial charge in [0, 0.05) is 13.0 Å². The smallest absolute Gasteiger partial charge is 0.472 e. The number of carboxylic acids is 1. The van der Waals surface area contributed by atoms with E-state index in [1.165, 1.54) is 148 Å². The van der Waals surface area contributed by atoms with Crippen LogP contribution in [0.4, 0.5) is 0 Å². The van der Waals surface area contributed by atoms with Gasteiger partial charge in [0.05, 0.1) is 19.8 Å². The number of hydrogen-bond acceptors (Lipinski definition) is 8. The third-order valence-electron chi connectivity index (χ3n) is 10.5. The number of phosphoric acid groups is 1. The third kappa shape index (κ3) is 42.6. The SMILES string of the molecule is CCC/C=C\C/C=C\CCCCCCCCOCC(COP(=O)(O)OCC(N)C(=O)O)OC(=O)CCCCCCCCCCCCCCCCCCCCCCCC. The molecule has 11 heteroatoms. The molecule has 0 fully saturated rings. The van der Waals surface area contributed by atoms with E-state index in [2.05, 4.69) is 38.2 Å². The minimum absolute atomic E-state index is 0.0136. The van der Waals surface area contributed by atoms with Crippen molar-refractivity contribution in [1.82, 2.24) is 0 Å². The molecule has 0 aliphatic carbocycles. The zero-order valence-electron chi connectivity index (χ0n) is 37.4. The van der Waals surface area contributed by atoms with Gasteiger partial charge in [0.15, 0.2) is 0 Å². The van der Waals surface area contributed by atoms with Crippen molar-refractivity contribution >= 4 is 19.8 Å². The number of ether oxygens (including phenoxy) is 2. The zero-order valence-corrected chi connectivity index (χ0v) is 38.3. The number of aliphatic carboxylic acids is 1. The zero-order chi connectivity index (χ0) is 42.6. The van der Waals surface area contributed by atoms with E-state index in [-0.39, 0.29) is 13.0 Å². The maximum Gasteiger partial charge on any atom is 0.472 e. The van der Waals surface area contributed by atoms with Crippen LogP contribution >= 0.6 is 7.82 Å². The topological polar surface area (TPSA) is 155 Å². The summed E-state index contributed by atoms with van der Waals surface area (Å²) in [5.41, 5.74) is 5.36. The predicted octanol–water partition coefficient (Wildman–Crippen LogP) is 13.5. The van der Waals surface area contributed by atoms with Gasteiger partial charge in [0.1, 0.15) is 12.1 Å². The van der Waals surface area contributed by atoms with Gasteiger partial charge in [0.2, 0.25) is 0 Å². The number of esters is 1. The van der Waals surface area contributed by atoms with Gasteiger partial charge in [-0.05, 0) is 38.5 Å². The molecule has 342 valence electrons. The van der Waals surface area contributed by atoms with Crippen LogP contribution in [-0.2, 0) is 32.7 Å². The van der Waals surface area contributed by atoms with E-state index < -0.39 is 45.1 Å². The molecule has 0 saturated heterocycles. The van der Waals surface area contributed by atoms with Crippen LogP contribution in [0.3, 0.4) is 0 Å². The van der Waals surface area contributed by atoms with Gasteiger partial charge in [-0.1, -0.05) is 205 Å². The summed E-state index contributed by atoms with van der Waals surface area (Å²) in [6.07, 6.45) is 48.1. The fourth-order valence-electron chi connectivity index (χ4n) is 6.76. The van der Waals surface area contributed by atoms with Gasteiger partial charge in [0.25, 0.3) is 0 Å². The average Bonchev–Trinajstić information content (AvgIpc) is 3.20. The minimum Gasteiger partial charge on any atom is -0.480 e. The molecule has 0 bridgehead atoms. The summed E-state index contributed by atoms with van der Waals surface area (Å²) in [7, 11) is -4.62. The second kappa shape index (κ2) is 43.5. The molecule has 10 nitrogen and oxygen atoms in total. The molecule has 4 N–H and O–H groups in total. The number of nitrogens with two attached hydrogens (primary N) is 1. The van der Waals surface area contributed by atoms with Crippen molar-refractivity contribution < 1.29 is 42.7 Å². The van der Waals surface area contributed by atoms with Crippen LogP contribution in [0, 0.1) is 0 Å². The Morgan fingerprint density at radius 2 is 0.983 bits per heavy atom. The van der Waals surface area contributed by atoms with Crippen LogP contribution in [0.25, 0.3) is 0 Å². The Kier molecular flexibility index (Phi) is 42.4.